The van der Waals surface area contributed by atoms with Gasteiger partial charge in [0.15, 0.2) is 0 Å². The first kappa shape index (κ1) is 28.9. The van der Waals surface area contributed by atoms with Crippen molar-refractivity contribution in [1.29, 1.82) is 0 Å². The first-order valence-corrected chi connectivity index (χ1v) is 13.3. The van der Waals surface area contributed by atoms with Gasteiger partial charge >= 0.3 is 11.4 Å². The van der Waals surface area contributed by atoms with E-state index in [1.54, 1.807) is 56.5 Å². The molecule has 212 valence electrons. The zero-order valence-corrected chi connectivity index (χ0v) is 23.0. The van der Waals surface area contributed by atoms with Crippen LogP contribution in [0.4, 0.5) is 15.7 Å². The fourth-order valence-corrected chi connectivity index (χ4v) is 4.46. The van der Waals surface area contributed by atoms with E-state index in [2.05, 4.69) is 25.6 Å². The maximum atomic E-state index is 12.3. The first-order valence-electron chi connectivity index (χ1n) is 12.5. The second-order valence-corrected chi connectivity index (χ2v) is 10.2. The first-order chi connectivity index (χ1) is 19.6. The molecule has 4 aromatic rings. The number of thiophene rings is 1. The van der Waals surface area contributed by atoms with Crippen LogP contribution in [-0.4, -0.2) is 37.1 Å². The number of aromatic amines is 2. The molecule has 0 aliphatic carbocycles. The molecule has 0 radical (unpaired) electrons. The number of rotatable bonds is 10. The Labute approximate surface area is 236 Å². The van der Waals surface area contributed by atoms with Gasteiger partial charge in [0.05, 0.1) is 5.00 Å². The van der Waals surface area contributed by atoms with Gasteiger partial charge in [0.25, 0.3) is 11.1 Å². The van der Waals surface area contributed by atoms with Crippen molar-refractivity contribution >= 4 is 45.1 Å². The van der Waals surface area contributed by atoms with Crippen molar-refractivity contribution in [2.24, 2.45) is 4.99 Å². The van der Waals surface area contributed by atoms with Crippen molar-refractivity contribution in [3.8, 4) is 0 Å². The molecular formula is C27H27N7O6S. The quantitative estimate of drug-likeness (QED) is 0.209. The van der Waals surface area contributed by atoms with Gasteiger partial charge in [-0.2, -0.15) is 0 Å². The summed E-state index contributed by atoms with van der Waals surface area (Å²) in [5.41, 5.74) is 0.126. The number of aromatic nitrogens is 4. The van der Waals surface area contributed by atoms with E-state index in [4.69, 9.17) is 0 Å². The molecule has 3 aromatic heterocycles. The van der Waals surface area contributed by atoms with Crippen molar-refractivity contribution in [1.82, 2.24) is 19.1 Å². The summed E-state index contributed by atoms with van der Waals surface area (Å²) < 4.78 is 2.57. The van der Waals surface area contributed by atoms with Gasteiger partial charge in [-0.15, -0.1) is 0 Å². The Hall–Kier alpha value is -5.11. The second-order valence-electron chi connectivity index (χ2n) is 9.14. The molecule has 0 saturated carbocycles. The molecule has 0 aliphatic rings. The fourth-order valence-electron chi connectivity index (χ4n) is 3.69. The van der Waals surface area contributed by atoms with Gasteiger partial charge in [0.2, 0.25) is 11.8 Å². The maximum Gasteiger partial charge on any atom is 0.328 e. The van der Waals surface area contributed by atoms with Crippen LogP contribution in [0.25, 0.3) is 0 Å². The minimum Gasteiger partial charge on any atom is -0.326 e. The third-order valence-electron chi connectivity index (χ3n) is 5.93. The SMILES string of the molecule is Cc1cn(CCC(=O)Nc2ccc(C=Nc3ccc(NC(=O)CCn4cc(C)c(=O)[nH]c4=O)s3)cc2)c(=O)[nH]c1=O. The topological polar surface area (TPSA) is 180 Å². The van der Waals surface area contributed by atoms with Crippen molar-refractivity contribution in [2.75, 3.05) is 10.6 Å². The fraction of sp³-hybridized carbons (Fsp3) is 0.222. The third kappa shape index (κ3) is 7.95. The zero-order chi connectivity index (χ0) is 29.5. The van der Waals surface area contributed by atoms with Crippen LogP contribution in [-0.2, 0) is 22.7 Å². The Balaban J connectivity index is 1.25. The number of benzene rings is 1. The van der Waals surface area contributed by atoms with E-state index in [0.29, 0.717) is 26.8 Å². The molecule has 0 atom stereocenters. The number of amides is 2. The van der Waals surface area contributed by atoms with E-state index in [9.17, 15) is 28.8 Å². The van der Waals surface area contributed by atoms with Gasteiger partial charge in [-0.05, 0) is 43.7 Å². The molecule has 4 N–H and O–H groups in total. The molecule has 14 heteroatoms. The summed E-state index contributed by atoms with van der Waals surface area (Å²) in [5, 5.41) is 6.81. The minimum atomic E-state index is -0.563. The molecule has 0 fully saturated rings. The lowest BCUT2D eigenvalue weighted by atomic mass is 10.2. The average molecular weight is 578 g/mol. The van der Waals surface area contributed by atoms with Gasteiger partial charge < -0.3 is 10.6 Å². The largest absolute Gasteiger partial charge is 0.328 e. The van der Waals surface area contributed by atoms with Crippen molar-refractivity contribution in [3.63, 3.8) is 0 Å². The predicted molar refractivity (Wildman–Crippen MR) is 157 cm³/mol. The standard InChI is InChI=1S/C27H27N7O6S/c1-16-14-33(26(39)31-24(16)37)11-9-20(35)29-19-5-3-18(4-6-19)13-28-22-7-8-23(41-22)30-21(36)10-12-34-15-17(2)25(38)32-27(34)40/h3-8,13-15H,9-12H2,1-2H3,(H,29,35)(H,30,36)(H,31,37,39)(H,32,38,40). The number of hydrogen-bond donors (Lipinski definition) is 4. The average Bonchev–Trinajstić information content (AvgIpc) is 3.38. The molecule has 0 saturated heterocycles. The summed E-state index contributed by atoms with van der Waals surface area (Å²) in [6.45, 7) is 3.43. The van der Waals surface area contributed by atoms with Crippen LogP contribution in [0.2, 0.25) is 0 Å². The summed E-state index contributed by atoms with van der Waals surface area (Å²) in [7, 11) is 0. The predicted octanol–water partition coefficient (Wildman–Crippen LogP) is 1.87. The van der Waals surface area contributed by atoms with Gasteiger partial charge in [-0.1, -0.05) is 23.5 Å². The number of H-pyrrole nitrogens is 2. The van der Waals surface area contributed by atoms with Gasteiger partial charge in [0, 0.05) is 61.4 Å². The second kappa shape index (κ2) is 12.8. The molecule has 1 aromatic carbocycles. The zero-order valence-electron chi connectivity index (χ0n) is 22.2. The highest BCUT2D eigenvalue weighted by molar-refractivity contribution is 7.19. The Morgan fingerprint density at radius 2 is 1.34 bits per heavy atom. The number of hydrogen-bond acceptors (Lipinski definition) is 8. The highest BCUT2D eigenvalue weighted by Crippen LogP contribution is 2.29. The molecule has 2 amide bonds. The maximum absolute atomic E-state index is 12.3. The molecule has 13 nitrogen and oxygen atoms in total. The van der Waals surface area contributed by atoms with Crippen LogP contribution < -0.4 is 33.1 Å². The number of nitrogens with zero attached hydrogens (tertiary/aromatic N) is 3. The van der Waals surface area contributed by atoms with Crippen LogP contribution in [0.1, 0.15) is 29.5 Å². The number of carbonyl (C=O) groups excluding carboxylic acids is 2. The summed E-state index contributed by atoms with van der Waals surface area (Å²) in [4.78, 5) is 80.1. The third-order valence-corrected chi connectivity index (χ3v) is 6.84. The summed E-state index contributed by atoms with van der Waals surface area (Å²) in [6.07, 6.45) is 4.61. The van der Waals surface area contributed by atoms with Crippen molar-refractivity contribution < 1.29 is 9.59 Å². The number of nitrogens with one attached hydrogen (secondary N) is 4. The normalized spacial score (nSPS) is 11.1. The Kier molecular flexibility index (Phi) is 9.04. The van der Waals surface area contributed by atoms with Crippen LogP contribution in [0.5, 0.6) is 0 Å². The number of aliphatic imine (C=N–C) groups is 1. The Bertz CT molecular complexity index is 1840. The van der Waals surface area contributed by atoms with Crippen LogP contribution in [0.3, 0.4) is 0 Å². The molecule has 0 spiro atoms. The van der Waals surface area contributed by atoms with Gasteiger partial charge in [0.1, 0.15) is 5.00 Å². The smallest absolute Gasteiger partial charge is 0.326 e. The molecule has 4 rings (SSSR count). The molecule has 0 aliphatic heterocycles. The van der Waals surface area contributed by atoms with Crippen LogP contribution in [0.15, 0.2) is 73.0 Å². The highest BCUT2D eigenvalue weighted by atomic mass is 32.1. The van der Waals surface area contributed by atoms with Crippen molar-refractivity contribution in [2.45, 2.75) is 39.8 Å². The molecule has 0 bridgehead atoms. The van der Waals surface area contributed by atoms with E-state index in [1.165, 1.54) is 32.9 Å². The van der Waals surface area contributed by atoms with E-state index >= 15 is 0 Å². The van der Waals surface area contributed by atoms with E-state index < -0.39 is 22.5 Å². The van der Waals surface area contributed by atoms with Crippen LogP contribution in [0, 0.1) is 13.8 Å². The van der Waals surface area contributed by atoms with Crippen molar-refractivity contribution in [3.05, 3.63) is 107 Å². The minimum absolute atomic E-state index is 0.0517. The van der Waals surface area contributed by atoms with Crippen LogP contribution >= 0.6 is 11.3 Å². The summed E-state index contributed by atoms with van der Waals surface area (Å²) in [5.74, 6) is -0.562. The molecule has 3 heterocycles. The molecule has 0 unspecified atom stereocenters. The lowest BCUT2D eigenvalue weighted by Crippen LogP contribution is -2.31. The number of anilines is 2. The van der Waals surface area contributed by atoms with Gasteiger partial charge in [-0.25, -0.2) is 14.6 Å². The van der Waals surface area contributed by atoms with Gasteiger partial charge in [-0.3, -0.25) is 38.3 Å². The van der Waals surface area contributed by atoms with E-state index in [0.717, 1.165) is 5.56 Å². The molecular weight excluding hydrogens is 550 g/mol. The Morgan fingerprint density at radius 3 is 1.90 bits per heavy atom. The lowest BCUT2D eigenvalue weighted by Gasteiger charge is -2.07. The van der Waals surface area contributed by atoms with E-state index in [1.807, 2.05) is 0 Å². The summed E-state index contributed by atoms with van der Waals surface area (Å²) in [6, 6.07) is 10.5. The Morgan fingerprint density at radius 1 is 0.805 bits per heavy atom. The molecule has 41 heavy (non-hydrogen) atoms. The number of aryl methyl sites for hydroxylation is 4. The number of carbonyl (C=O) groups is 2. The lowest BCUT2D eigenvalue weighted by molar-refractivity contribution is -0.117. The van der Waals surface area contributed by atoms with E-state index in [-0.39, 0.29) is 37.7 Å². The highest BCUT2D eigenvalue weighted by Gasteiger charge is 2.08. The summed E-state index contributed by atoms with van der Waals surface area (Å²) >= 11 is 1.28. The monoisotopic (exact) mass is 577 g/mol.